The Labute approximate surface area is 143 Å². The minimum Gasteiger partial charge on any atom is -0.396 e. The predicted octanol–water partition coefficient (Wildman–Crippen LogP) is 3.95. The number of para-hydroxylation sites is 2. The lowest BCUT2D eigenvalue weighted by atomic mass is 9.97. The van der Waals surface area contributed by atoms with Gasteiger partial charge in [0.2, 0.25) is 0 Å². The smallest absolute Gasteiger partial charge is 0.128 e. The molecule has 0 unspecified atom stereocenters. The second-order valence-corrected chi connectivity index (χ2v) is 6.58. The fourth-order valence-corrected chi connectivity index (χ4v) is 3.28. The number of aryl methyl sites for hydroxylation is 1. The fraction of sp³-hybridized carbons (Fsp3) is 0.400. The van der Waals surface area contributed by atoms with E-state index in [1.54, 1.807) is 6.07 Å². The average molecular weight is 328 g/mol. The van der Waals surface area contributed by atoms with Crippen molar-refractivity contribution in [1.82, 2.24) is 0 Å². The third-order valence-electron chi connectivity index (χ3n) is 4.79. The van der Waals surface area contributed by atoms with Gasteiger partial charge in [0, 0.05) is 31.8 Å². The average Bonchev–Trinajstić information content (AvgIpc) is 2.63. The highest BCUT2D eigenvalue weighted by Crippen LogP contribution is 2.30. The molecular formula is C20H25FN2O. The van der Waals surface area contributed by atoms with Crippen LogP contribution in [0.2, 0.25) is 0 Å². The molecule has 1 heterocycles. The molecule has 1 fully saturated rings. The van der Waals surface area contributed by atoms with E-state index in [1.807, 2.05) is 31.2 Å². The molecule has 0 amide bonds. The van der Waals surface area contributed by atoms with Crippen LogP contribution in [0, 0.1) is 18.7 Å². The van der Waals surface area contributed by atoms with Gasteiger partial charge in [-0.15, -0.1) is 0 Å². The van der Waals surface area contributed by atoms with E-state index >= 15 is 0 Å². The van der Waals surface area contributed by atoms with Crippen molar-refractivity contribution in [2.24, 2.45) is 5.92 Å². The Morgan fingerprint density at radius 3 is 2.67 bits per heavy atom. The first-order valence-electron chi connectivity index (χ1n) is 8.61. The molecule has 3 rings (SSSR count). The van der Waals surface area contributed by atoms with Gasteiger partial charge in [-0.1, -0.05) is 29.8 Å². The summed E-state index contributed by atoms with van der Waals surface area (Å²) in [6.07, 6.45) is 2.02. The third kappa shape index (κ3) is 3.88. The van der Waals surface area contributed by atoms with E-state index in [2.05, 4.69) is 16.3 Å². The predicted molar refractivity (Wildman–Crippen MR) is 96.9 cm³/mol. The molecule has 2 N–H and O–H groups in total. The van der Waals surface area contributed by atoms with Crippen LogP contribution < -0.4 is 10.2 Å². The highest BCUT2D eigenvalue weighted by molar-refractivity contribution is 5.70. The number of rotatable bonds is 5. The quantitative estimate of drug-likeness (QED) is 0.872. The van der Waals surface area contributed by atoms with Gasteiger partial charge in [-0.05, 0) is 43.9 Å². The van der Waals surface area contributed by atoms with Gasteiger partial charge in [0.15, 0.2) is 0 Å². The number of nitrogens with zero attached hydrogens (tertiary/aromatic N) is 1. The van der Waals surface area contributed by atoms with Crippen LogP contribution in [0.5, 0.6) is 0 Å². The molecule has 0 aromatic heterocycles. The molecule has 1 aliphatic rings. The number of hydrogen-bond donors (Lipinski definition) is 2. The highest BCUT2D eigenvalue weighted by atomic mass is 19.1. The number of aliphatic hydroxyl groups excluding tert-OH is 1. The molecule has 1 saturated heterocycles. The lowest BCUT2D eigenvalue weighted by Gasteiger charge is -2.34. The van der Waals surface area contributed by atoms with Crippen LogP contribution in [0.15, 0.2) is 42.5 Å². The lowest BCUT2D eigenvalue weighted by Crippen LogP contribution is -2.35. The molecule has 0 radical (unpaired) electrons. The number of aliphatic hydroxyl groups is 1. The Balaban J connectivity index is 1.71. The number of halogens is 1. The van der Waals surface area contributed by atoms with Gasteiger partial charge in [-0.25, -0.2) is 4.39 Å². The van der Waals surface area contributed by atoms with Crippen molar-refractivity contribution >= 4 is 11.4 Å². The van der Waals surface area contributed by atoms with E-state index < -0.39 is 0 Å². The summed E-state index contributed by atoms with van der Waals surface area (Å²) in [7, 11) is 0. The first kappa shape index (κ1) is 16.8. The molecule has 128 valence electrons. The van der Waals surface area contributed by atoms with Crippen LogP contribution >= 0.6 is 0 Å². The van der Waals surface area contributed by atoms with Gasteiger partial charge < -0.3 is 15.3 Å². The lowest BCUT2D eigenvalue weighted by molar-refractivity contribution is 0.203. The van der Waals surface area contributed by atoms with Crippen LogP contribution in [0.3, 0.4) is 0 Å². The Hall–Kier alpha value is -2.07. The van der Waals surface area contributed by atoms with Crippen molar-refractivity contribution in [1.29, 1.82) is 0 Å². The van der Waals surface area contributed by atoms with Gasteiger partial charge in [0.05, 0.1) is 11.4 Å². The summed E-state index contributed by atoms with van der Waals surface area (Å²) >= 11 is 0. The first-order chi connectivity index (χ1) is 11.7. The number of nitrogens with one attached hydrogen (secondary N) is 1. The molecule has 0 atom stereocenters. The number of hydrogen-bond acceptors (Lipinski definition) is 3. The summed E-state index contributed by atoms with van der Waals surface area (Å²) in [4.78, 5) is 2.35. The standard InChI is InChI=1S/C20H25FN2O/c1-15-6-7-18(21)17(12-15)13-22-19-4-2-3-5-20(19)23-10-8-16(14-24)9-11-23/h2-7,12,16,22,24H,8-11,13-14H2,1H3. The van der Waals surface area contributed by atoms with Crippen molar-refractivity contribution in [3.8, 4) is 0 Å². The Morgan fingerprint density at radius 1 is 1.17 bits per heavy atom. The Morgan fingerprint density at radius 2 is 1.92 bits per heavy atom. The van der Waals surface area contributed by atoms with E-state index in [0.29, 0.717) is 18.0 Å². The molecule has 0 bridgehead atoms. The monoisotopic (exact) mass is 328 g/mol. The first-order valence-corrected chi connectivity index (χ1v) is 8.61. The molecule has 2 aromatic carbocycles. The summed E-state index contributed by atoms with van der Waals surface area (Å²) in [6.45, 7) is 4.62. The molecule has 1 aliphatic heterocycles. The molecule has 2 aromatic rings. The highest BCUT2D eigenvalue weighted by Gasteiger charge is 2.20. The summed E-state index contributed by atoms with van der Waals surface area (Å²) in [5.41, 5.74) is 3.93. The third-order valence-corrected chi connectivity index (χ3v) is 4.79. The molecule has 24 heavy (non-hydrogen) atoms. The van der Waals surface area contributed by atoms with Gasteiger partial charge >= 0.3 is 0 Å². The van der Waals surface area contributed by atoms with Crippen molar-refractivity contribution in [3.05, 3.63) is 59.4 Å². The van der Waals surface area contributed by atoms with Crippen molar-refractivity contribution in [2.45, 2.75) is 26.3 Å². The molecule has 3 nitrogen and oxygen atoms in total. The minimum atomic E-state index is -0.172. The topological polar surface area (TPSA) is 35.5 Å². The van der Waals surface area contributed by atoms with E-state index in [9.17, 15) is 9.50 Å². The Kier molecular flexibility index (Phi) is 5.36. The van der Waals surface area contributed by atoms with E-state index in [4.69, 9.17) is 0 Å². The molecule has 0 saturated carbocycles. The summed E-state index contributed by atoms with van der Waals surface area (Å²) in [5.74, 6) is 0.247. The Bertz CT molecular complexity index is 681. The zero-order valence-electron chi connectivity index (χ0n) is 14.1. The van der Waals surface area contributed by atoms with Crippen LogP contribution in [-0.4, -0.2) is 24.8 Å². The second-order valence-electron chi connectivity index (χ2n) is 6.58. The summed E-state index contributed by atoms with van der Waals surface area (Å²) in [6, 6.07) is 13.4. The number of piperidine rings is 1. The minimum absolute atomic E-state index is 0.172. The van der Waals surface area contributed by atoms with Gasteiger partial charge in [0.25, 0.3) is 0 Å². The van der Waals surface area contributed by atoms with Gasteiger partial charge in [0.1, 0.15) is 5.82 Å². The SMILES string of the molecule is Cc1ccc(F)c(CNc2ccccc2N2CCC(CO)CC2)c1. The second kappa shape index (κ2) is 7.67. The molecule has 0 spiro atoms. The van der Waals surface area contributed by atoms with Gasteiger partial charge in [-0.2, -0.15) is 0 Å². The van der Waals surface area contributed by atoms with Crippen molar-refractivity contribution in [2.75, 3.05) is 29.9 Å². The fourth-order valence-electron chi connectivity index (χ4n) is 3.28. The number of anilines is 2. The zero-order chi connectivity index (χ0) is 16.9. The largest absolute Gasteiger partial charge is 0.396 e. The molecule has 4 heteroatoms. The van der Waals surface area contributed by atoms with Crippen LogP contribution in [0.25, 0.3) is 0 Å². The van der Waals surface area contributed by atoms with Crippen LogP contribution in [0.4, 0.5) is 15.8 Å². The maximum absolute atomic E-state index is 13.9. The molecular weight excluding hydrogens is 303 g/mol. The summed E-state index contributed by atoms with van der Waals surface area (Å²) < 4.78 is 13.9. The van der Waals surface area contributed by atoms with E-state index in [0.717, 1.165) is 42.9 Å². The maximum Gasteiger partial charge on any atom is 0.128 e. The number of benzene rings is 2. The van der Waals surface area contributed by atoms with E-state index in [1.165, 1.54) is 6.07 Å². The van der Waals surface area contributed by atoms with E-state index in [-0.39, 0.29) is 12.4 Å². The zero-order valence-corrected chi connectivity index (χ0v) is 14.1. The maximum atomic E-state index is 13.9. The van der Waals surface area contributed by atoms with Crippen molar-refractivity contribution < 1.29 is 9.50 Å². The van der Waals surface area contributed by atoms with Gasteiger partial charge in [-0.3, -0.25) is 0 Å². The van der Waals surface area contributed by atoms with Crippen LogP contribution in [0.1, 0.15) is 24.0 Å². The molecule has 0 aliphatic carbocycles. The summed E-state index contributed by atoms with van der Waals surface area (Å²) in [5, 5.41) is 12.7. The van der Waals surface area contributed by atoms with Crippen LogP contribution in [-0.2, 0) is 6.54 Å². The van der Waals surface area contributed by atoms with Crippen molar-refractivity contribution in [3.63, 3.8) is 0 Å². The normalized spacial score (nSPS) is 15.5.